The van der Waals surface area contributed by atoms with Gasteiger partial charge in [-0.1, -0.05) is 12.1 Å². The van der Waals surface area contributed by atoms with Crippen molar-refractivity contribution in [1.82, 2.24) is 4.98 Å². The van der Waals surface area contributed by atoms with Crippen LogP contribution in [-0.2, 0) is 0 Å². The van der Waals surface area contributed by atoms with Crippen molar-refractivity contribution in [3.63, 3.8) is 0 Å². The van der Waals surface area contributed by atoms with Gasteiger partial charge in [0, 0.05) is 5.56 Å². The van der Waals surface area contributed by atoms with Gasteiger partial charge in [0.1, 0.15) is 11.5 Å². The van der Waals surface area contributed by atoms with Crippen LogP contribution >= 0.6 is 0 Å². The van der Waals surface area contributed by atoms with Crippen molar-refractivity contribution < 1.29 is 9.84 Å². The lowest BCUT2D eigenvalue weighted by Gasteiger charge is -2.05. The fourth-order valence-corrected chi connectivity index (χ4v) is 1.50. The van der Waals surface area contributed by atoms with Gasteiger partial charge in [-0.3, -0.25) is 0 Å². The first-order valence-electron chi connectivity index (χ1n) is 5.02. The number of hydrogen-bond donors (Lipinski definition) is 1. The Morgan fingerprint density at radius 2 is 2.00 bits per heavy atom. The molecule has 3 nitrogen and oxygen atoms in total. The van der Waals surface area contributed by atoms with Crippen molar-refractivity contribution in [2.24, 2.45) is 0 Å². The van der Waals surface area contributed by atoms with Gasteiger partial charge in [-0.15, -0.1) is 0 Å². The standard InChI is InChI=1S/C13H13NO2/c1-9-13(15)7-6-12(14-9)10-4-3-5-11(8-10)16-2/h3-8,15H,1-2H3. The summed E-state index contributed by atoms with van der Waals surface area (Å²) < 4.78 is 5.15. The molecule has 0 radical (unpaired) electrons. The second-order valence-corrected chi connectivity index (χ2v) is 3.53. The average molecular weight is 215 g/mol. The number of nitrogens with zero attached hydrogens (tertiary/aromatic N) is 1. The Labute approximate surface area is 94.3 Å². The van der Waals surface area contributed by atoms with Crippen LogP contribution in [0, 0.1) is 6.92 Å². The molecule has 16 heavy (non-hydrogen) atoms. The largest absolute Gasteiger partial charge is 0.506 e. The highest BCUT2D eigenvalue weighted by molar-refractivity contribution is 5.62. The summed E-state index contributed by atoms with van der Waals surface area (Å²) in [7, 11) is 1.63. The number of hydrogen-bond acceptors (Lipinski definition) is 3. The van der Waals surface area contributed by atoms with E-state index < -0.39 is 0 Å². The van der Waals surface area contributed by atoms with Crippen molar-refractivity contribution in [2.75, 3.05) is 7.11 Å². The van der Waals surface area contributed by atoms with E-state index in [1.807, 2.05) is 24.3 Å². The molecular formula is C13H13NO2. The van der Waals surface area contributed by atoms with Gasteiger partial charge in [0.2, 0.25) is 0 Å². The van der Waals surface area contributed by atoms with E-state index in [1.165, 1.54) is 0 Å². The van der Waals surface area contributed by atoms with Crippen LogP contribution in [0.15, 0.2) is 36.4 Å². The summed E-state index contributed by atoms with van der Waals surface area (Å²) in [5, 5.41) is 9.40. The molecule has 0 aliphatic carbocycles. The number of benzene rings is 1. The number of pyridine rings is 1. The molecule has 0 aliphatic heterocycles. The number of aryl methyl sites for hydroxylation is 1. The molecular weight excluding hydrogens is 202 g/mol. The molecule has 3 heteroatoms. The van der Waals surface area contributed by atoms with Crippen molar-refractivity contribution in [1.29, 1.82) is 0 Å². The molecule has 0 fully saturated rings. The minimum atomic E-state index is 0.214. The molecule has 1 N–H and O–H groups in total. The first-order chi connectivity index (χ1) is 7.70. The zero-order valence-corrected chi connectivity index (χ0v) is 9.27. The third-order valence-electron chi connectivity index (χ3n) is 2.42. The van der Waals surface area contributed by atoms with E-state index in [0.29, 0.717) is 5.69 Å². The number of methoxy groups -OCH3 is 1. The number of aromatic hydroxyl groups is 1. The minimum absolute atomic E-state index is 0.214. The van der Waals surface area contributed by atoms with Gasteiger partial charge in [-0.2, -0.15) is 0 Å². The second-order valence-electron chi connectivity index (χ2n) is 3.53. The summed E-state index contributed by atoms with van der Waals surface area (Å²) >= 11 is 0. The Morgan fingerprint density at radius 1 is 1.19 bits per heavy atom. The van der Waals surface area contributed by atoms with Gasteiger partial charge in [0.05, 0.1) is 18.5 Å². The van der Waals surface area contributed by atoms with Crippen molar-refractivity contribution in [3.8, 4) is 22.8 Å². The van der Waals surface area contributed by atoms with E-state index in [4.69, 9.17) is 4.74 Å². The smallest absolute Gasteiger partial charge is 0.136 e. The molecule has 2 rings (SSSR count). The van der Waals surface area contributed by atoms with Crippen molar-refractivity contribution >= 4 is 0 Å². The predicted octanol–water partition coefficient (Wildman–Crippen LogP) is 2.77. The third-order valence-corrected chi connectivity index (χ3v) is 2.42. The molecule has 0 amide bonds. The summed E-state index contributed by atoms with van der Waals surface area (Å²) in [6, 6.07) is 11.1. The molecule has 0 saturated heterocycles. The molecule has 0 atom stereocenters. The quantitative estimate of drug-likeness (QED) is 0.837. The Morgan fingerprint density at radius 3 is 2.69 bits per heavy atom. The van der Waals surface area contributed by atoms with Crippen LogP contribution in [0.25, 0.3) is 11.3 Å². The molecule has 1 aromatic heterocycles. The van der Waals surface area contributed by atoms with Crippen LogP contribution in [0.2, 0.25) is 0 Å². The highest BCUT2D eigenvalue weighted by Gasteiger charge is 2.03. The van der Waals surface area contributed by atoms with Gasteiger partial charge in [-0.05, 0) is 31.2 Å². The van der Waals surface area contributed by atoms with E-state index in [0.717, 1.165) is 17.0 Å². The number of ether oxygens (including phenoxy) is 1. The summed E-state index contributed by atoms with van der Waals surface area (Å²) in [5.41, 5.74) is 2.43. The van der Waals surface area contributed by atoms with Crippen molar-refractivity contribution in [3.05, 3.63) is 42.1 Å². The fourth-order valence-electron chi connectivity index (χ4n) is 1.50. The van der Waals surface area contributed by atoms with Gasteiger partial charge >= 0.3 is 0 Å². The molecule has 2 aromatic rings. The molecule has 82 valence electrons. The molecule has 0 unspecified atom stereocenters. The minimum Gasteiger partial charge on any atom is -0.506 e. The lowest BCUT2D eigenvalue weighted by atomic mass is 10.1. The summed E-state index contributed by atoms with van der Waals surface area (Å²) in [6.45, 7) is 1.78. The fraction of sp³-hybridized carbons (Fsp3) is 0.154. The van der Waals surface area contributed by atoms with E-state index in [2.05, 4.69) is 4.98 Å². The van der Waals surface area contributed by atoms with E-state index in [-0.39, 0.29) is 5.75 Å². The maximum absolute atomic E-state index is 9.40. The molecule has 0 saturated carbocycles. The number of aromatic nitrogens is 1. The second kappa shape index (κ2) is 4.23. The first kappa shape index (κ1) is 10.5. The average Bonchev–Trinajstić information content (AvgIpc) is 2.33. The lowest BCUT2D eigenvalue weighted by molar-refractivity contribution is 0.415. The van der Waals surface area contributed by atoms with Gasteiger partial charge in [-0.25, -0.2) is 4.98 Å². The molecule has 0 spiro atoms. The van der Waals surface area contributed by atoms with E-state index >= 15 is 0 Å². The molecule has 1 heterocycles. The maximum atomic E-state index is 9.40. The van der Waals surface area contributed by atoms with Gasteiger partial charge < -0.3 is 9.84 Å². The summed E-state index contributed by atoms with van der Waals surface area (Å²) in [5.74, 6) is 1.01. The zero-order valence-electron chi connectivity index (χ0n) is 9.27. The molecule has 1 aromatic carbocycles. The summed E-state index contributed by atoms with van der Waals surface area (Å²) in [6.07, 6.45) is 0. The molecule has 0 aliphatic rings. The van der Waals surface area contributed by atoms with Crippen LogP contribution in [0.1, 0.15) is 5.69 Å². The van der Waals surface area contributed by atoms with Crippen LogP contribution in [0.3, 0.4) is 0 Å². The highest BCUT2D eigenvalue weighted by atomic mass is 16.5. The van der Waals surface area contributed by atoms with E-state index in [9.17, 15) is 5.11 Å². The van der Waals surface area contributed by atoms with Crippen LogP contribution in [-0.4, -0.2) is 17.2 Å². The monoisotopic (exact) mass is 215 g/mol. The van der Waals surface area contributed by atoms with Crippen molar-refractivity contribution in [2.45, 2.75) is 6.92 Å². The topological polar surface area (TPSA) is 42.4 Å². The Balaban J connectivity index is 2.46. The zero-order chi connectivity index (χ0) is 11.5. The normalized spacial score (nSPS) is 10.1. The van der Waals surface area contributed by atoms with Crippen LogP contribution in [0.4, 0.5) is 0 Å². The molecule has 0 bridgehead atoms. The van der Waals surface area contributed by atoms with Gasteiger partial charge in [0.15, 0.2) is 0 Å². The predicted molar refractivity (Wildman–Crippen MR) is 62.6 cm³/mol. The van der Waals surface area contributed by atoms with E-state index in [1.54, 1.807) is 26.2 Å². The SMILES string of the molecule is COc1cccc(-c2ccc(O)c(C)n2)c1. The van der Waals surface area contributed by atoms with Crippen LogP contribution < -0.4 is 4.74 Å². The maximum Gasteiger partial charge on any atom is 0.136 e. The number of rotatable bonds is 2. The van der Waals surface area contributed by atoms with Crippen LogP contribution in [0.5, 0.6) is 11.5 Å². The summed E-state index contributed by atoms with van der Waals surface area (Å²) in [4.78, 5) is 4.31. The highest BCUT2D eigenvalue weighted by Crippen LogP contribution is 2.24. The Hall–Kier alpha value is -2.03. The Kier molecular flexibility index (Phi) is 2.77. The lowest BCUT2D eigenvalue weighted by Crippen LogP contribution is -1.88. The Bertz CT molecular complexity index is 509. The first-order valence-corrected chi connectivity index (χ1v) is 5.02. The van der Waals surface area contributed by atoms with Gasteiger partial charge in [0.25, 0.3) is 0 Å². The third kappa shape index (κ3) is 1.98.